The third-order valence-electron chi connectivity index (χ3n) is 3.09. The van der Waals surface area contributed by atoms with Crippen molar-refractivity contribution in [2.45, 2.75) is 30.6 Å². The Labute approximate surface area is 148 Å². The molecule has 0 spiro atoms. The van der Waals surface area contributed by atoms with Crippen LogP contribution in [0, 0.1) is 0 Å². The van der Waals surface area contributed by atoms with Gasteiger partial charge in [0.15, 0.2) is 0 Å². The van der Waals surface area contributed by atoms with Crippen LogP contribution in [0.25, 0.3) is 0 Å². The molecule has 8 heteroatoms. The molecule has 2 rings (SSSR count). The van der Waals surface area contributed by atoms with E-state index < -0.39 is 10.0 Å². The van der Waals surface area contributed by atoms with Crippen LogP contribution in [0.5, 0.6) is 0 Å². The maximum Gasteiger partial charge on any atom is 0.250 e. The summed E-state index contributed by atoms with van der Waals surface area (Å²) in [5, 5.41) is 2.65. The molecule has 1 aromatic carbocycles. The first-order chi connectivity index (χ1) is 10.8. The minimum atomic E-state index is -3.60. The van der Waals surface area contributed by atoms with E-state index in [2.05, 4.69) is 26.0 Å². The first-order valence-corrected chi connectivity index (χ1v) is 9.98. The molecule has 0 aliphatic rings. The van der Waals surface area contributed by atoms with E-state index in [1.165, 1.54) is 6.92 Å². The number of hydrogen-bond acceptors (Lipinski definition) is 4. The fourth-order valence-corrected chi connectivity index (χ4v) is 4.91. The molecule has 1 unspecified atom stereocenters. The molecule has 2 aromatic rings. The Balaban J connectivity index is 2.11. The number of amides is 1. The minimum Gasteiger partial charge on any atom is -0.351 e. The molecule has 0 fully saturated rings. The molecular weight excluding hydrogens is 400 g/mol. The molecular formula is C15H17BrN2O3S2. The molecule has 0 aliphatic heterocycles. The number of halogens is 1. The average molecular weight is 417 g/mol. The highest BCUT2D eigenvalue weighted by Gasteiger charge is 2.20. The number of thiophene rings is 1. The molecule has 1 heterocycles. The monoisotopic (exact) mass is 416 g/mol. The summed E-state index contributed by atoms with van der Waals surface area (Å²) in [6.45, 7) is 3.55. The van der Waals surface area contributed by atoms with Crippen LogP contribution in [0.1, 0.15) is 30.3 Å². The van der Waals surface area contributed by atoms with Crippen LogP contribution >= 0.6 is 27.3 Å². The predicted octanol–water partition coefficient (Wildman–Crippen LogP) is 3.19. The van der Waals surface area contributed by atoms with Crippen LogP contribution in [0.15, 0.2) is 45.1 Å². The van der Waals surface area contributed by atoms with Gasteiger partial charge in [0.05, 0.1) is 6.54 Å². The van der Waals surface area contributed by atoms with Crippen molar-refractivity contribution in [1.82, 2.24) is 10.0 Å². The lowest BCUT2D eigenvalue weighted by Gasteiger charge is -2.14. The molecule has 0 bridgehead atoms. The van der Waals surface area contributed by atoms with E-state index in [-0.39, 0.29) is 16.2 Å². The maximum absolute atomic E-state index is 12.5. The van der Waals surface area contributed by atoms with Gasteiger partial charge in [-0.25, -0.2) is 13.1 Å². The van der Waals surface area contributed by atoms with E-state index in [0.717, 1.165) is 26.3 Å². The van der Waals surface area contributed by atoms with Crippen molar-refractivity contribution in [3.8, 4) is 0 Å². The van der Waals surface area contributed by atoms with Gasteiger partial charge in [0.1, 0.15) is 4.21 Å². The van der Waals surface area contributed by atoms with Gasteiger partial charge >= 0.3 is 0 Å². The van der Waals surface area contributed by atoms with Crippen LogP contribution < -0.4 is 10.0 Å². The minimum absolute atomic E-state index is 0.149. The summed E-state index contributed by atoms with van der Waals surface area (Å²) in [5.74, 6) is -0.149. The summed E-state index contributed by atoms with van der Waals surface area (Å²) in [5.41, 5.74) is 0.873. The number of carbonyl (C=O) groups excluding carboxylic acids is 1. The Kier molecular flexibility index (Phi) is 5.96. The molecule has 1 aromatic heterocycles. The SMILES string of the molecule is CC(=O)NCc1ccc(S(=O)(=O)NC(C)c2cccc(Br)c2)s1. The zero-order chi connectivity index (χ0) is 17.0. The number of benzene rings is 1. The third kappa shape index (κ3) is 5.13. The Hall–Kier alpha value is -1.22. The van der Waals surface area contributed by atoms with E-state index in [9.17, 15) is 13.2 Å². The third-order valence-corrected chi connectivity index (χ3v) is 6.71. The lowest BCUT2D eigenvalue weighted by molar-refractivity contribution is -0.119. The van der Waals surface area contributed by atoms with Crippen molar-refractivity contribution in [3.05, 3.63) is 51.3 Å². The molecule has 23 heavy (non-hydrogen) atoms. The van der Waals surface area contributed by atoms with Crippen molar-refractivity contribution in [2.75, 3.05) is 0 Å². The van der Waals surface area contributed by atoms with Gasteiger partial charge in [-0.1, -0.05) is 28.1 Å². The summed E-state index contributed by atoms with van der Waals surface area (Å²) in [6.07, 6.45) is 0. The topological polar surface area (TPSA) is 75.3 Å². The molecule has 0 saturated carbocycles. The van der Waals surface area contributed by atoms with E-state index in [1.807, 2.05) is 24.3 Å². The fraction of sp³-hybridized carbons (Fsp3) is 0.267. The number of rotatable bonds is 6. The van der Waals surface area contributed by atoms with Crippen LogP contribution in [0.2, 0.25) is 0 Å². The number of carbonyl (C=O) groups is 1. The van der Waals surface area contributed by atoms with Gasteiger partial charge in [0.25, 0.3) is 10.0 Å². The second-order valence-electron chi connectivity index (χ2n) is 5.03. The molecule has 5 nitrogen and oxygen atoms in total. The lowest BCUT2D eigenvalue weighted by Crippen LogP contribution is -2.26. The number of nitrogens with one attached hydrogen (secondary N) is 2. The van der Waals surface area contributed by atoms with E-state index in [0.29, 0.717) is 6.54 Å². The lowest BCUT2D eigenvalue weighted by atomic mass is 10.1. The highest BCUT2D eigenvalue weighted by molar-refractivity contribution is 9.10. The van der Waals surface area contributed by atoms with Crippen LogP contribution in [-0.4, -0.2) is 14.3 Å². The quantitative estimate of drug-likeness (QED) is 0.758. The van der Waals surface area contributed by atoms with Crippen molar-refractivity contribution < 1.29 is 13.2 Å². The zero-order valence-corrected chi connectivity index (χ0v) is 15.9. The van der Waals surface area contributed by atoms with Crippen LogP contribution in [0.3, 0.4) is 0 Å². The predicted molar refractivity (Wildman–Crippen MR) is 94.7 cm³/mol. The average Bonchev–Trinajstić information content (AvgIpc) is 2.94. The highest BCUT2D eigenvalue weighted by Crippen LogP contribution is 2.24. The molecule has 0 radical (unpaired) electrons. The number of hydrogen-bond donors (Lipinski definition) is 2. The van der Waals surface area contributed by atoms with E-state index in [4.69, 9.17) is 0 Å². The summed E-state index contributed by atoms with van der Waals surface area (Å²) in [7, 11) is -3.60. The molecule has 2 N–H and O–H groups in total. The van der Waals surface area contributed by atoms with Crippen LogP contribution in [0.4, 0.5) is 0 Å². The van der Waals surface area contributed by atoms with E-state index >= 15 is 0 Å². The van der Waals surface area contributed by atoms with Crippen molar-refractivity contribution in [3.63, 3.8) is 0 Å². The standard InChI is InChI=1S/C15H17BrN2O3S2/c1-10(12-4-3-5-13(16)8-12)18-23(20,21)15-7-6-14(22-15)9-17-11(2)19/h3-8,10,18H,9H2,1-2H3,(H,17,19). The van der Waals surface area contributed by atoms with Crippen molar-refractivity contribution in [1.29, 1.82) is 0 Å². The number of sulfonamides is 1. The molecule has 0 saturated heterocycles. The summed E-state index contributed by atoms with van der Waals surface area (Å²) < 4.78 is 28.7. The normalized spacial score (nSPS) is 12.8. The highest BCUT2D eigenvalue weighted by atomic mass is 79.9. The molecule has 1 atom stereocenters. The van der Waals surface area contributed by atoms with Crippen molar-refractivity contribution >= 4 is 43.2 Å². The first-order valence-electron chi connectivity index (χ1n) is 6.89. The molecule has 0 aliphatic carbocycles. The summed E-state index contributed by atoms with van der Waals surface area (Å²) in [4.78, 5) is 11.7. The van der Waals surface area contributed by atoms with Gasteiger partial charge in [0.2, 0.25) is 5.91 Å². The summed E-state index contributed by atoms with van der Waals surface area (Å²) in [6, 6.07) is 10.4. The van der Waals surface area contributed by atoms with Crippen LogP contribution in [-0.2, 0) is 21.4 Å². The smallest absolute Gasteiger partial charge is 0.250 e. The Morgan fingerprint density at radius 2 is 2.04 bits per heavy atom. The van der Waals surface area contributed by atoms with Gasteiger partial charge in [-0.2, -0.15) is 0 Å². The molecule has 1 amide bonds. The summed E-state index contributed by atoms with van der Waals surface area (Å²) >= 11 is 4.53. The van der Waals surface area contributed by atoms with E-state index in [1.54, 1.807) is 19.1 Å². The van der Waals surface area contributed by atoms with Gasteiger partial charge in [0, 0.05) is 22.3 Å². The zero-order valence-electron chi connectivity index (χ0n) is 12.7. The van der Waals surface area contributed by atoms with Gasteiger partial charge in [-0.05, 0) is 36.8 Å². The fourth-order valence-electron chi connectivity index (χ4n) is 1.94. The Bertz CT molecular complexity index is 803. The Morgan fingerprint density at radius 1 is 1.30 bits per heavy atom. The van der Waals surface area contributed by atoms with Crippen molar-refractivity contribution in [2.24, 2.45) is 0 Å². The second kappa shape index (κ2) is 7.57. The first kappa shape index (κ1) is 18.1. The largest absolute Gasteiger partial charge is 0.351 e. The van der Waals surface area contributed by atoms with Gasteiger partial charge in [-0.15, -0.1) is 11.3 Å². The van der Waals surface area contributed by atoms with Gasteiger partial charge in [-0.3, -0.25) is 4.79 Å². The Morgan fingerprint density at radius 3 is 2.70 bits per heavy atom. The van der Waals surface area contributed by atoms with Gasteiger partial charge < -0.3 is 5.32 Å². The second-order valence-corrected chi connectivity index (χ2v) is 9.05. The molecule has 124 valence electrons. The maximum atomic E-state index is 12.5.